The van der Waals surface area contributed by atoms with Crippen LogP contribution in [0.1, 0.15) is 12.0 Å². The van der Waals surface area contributed by atoms with Crippen molar-refractivity contribution in [3.05, 3.63) is 59.9 Å². The van der Waals surface area contributed by atoms with Crippen LogP contribution in [0.4, 0.5) is 0 Å². The van der Waals surface area contributed by atoms with Gasteiger partial charge in [-0.1, -0.05) is 34.7 Å². The number of rotatable bonds is 3. The van der Waals surface area contributed by atoms with Gasteiger partial charge in [-0.05, 0) is 35.8 Å². The van der Waals surface area contributed by atoms with E-state index in [0.29, 0.717) is 23.3 Å². The number of fused-ring (bicyclic) bond motifs is 2. The molecular weight excluding hydrogens is 469 g/mol. The van der Waals surface area contributed by atoms with E-state index in [1.165, 1.54) is 6.07 Å². The quantitative estimate of drug-likeness (QED) is 0.399. The Bertz CT molecular complexity index is 975. The summed E-state index contributed by atoms with van der Waals surface area (Å²) in [7, 11) is 0. The van der Waals surface area contributed by atoms with Gasteiger partial charge in [-0.3, -0.25) is 14.5 Å². The molecule has 2 heterocycles. The number of aromatic hydroxyl groups is 1. The number of hydrogen-bond acceptors (Lipinski definition) is 4. The number of halogens is 3. The monoisotopic (exact) mass is 483 g/mol. The topological polar surface area (TPSA) is 66.8 Å². The average Bonchev–Trinajstić information content (AvgIpc) is 2.83. The van der Waals surface area contributed by atoms with E-state index in [1.54, 1.807) is 30.5 Å². The van der Waals surface area contributed by atoms with Gasteiger partial charge in [0, 0.05) is 17.9 Å². The summed E-state index contributed by atoms with van der Waals surface area (Å²) in [5.74, 6) is -1.06. The largest absolute Gasteiger partial charge is 0.508 e. The summed E-state index contributed by atoms with van der Waals surface area (Å²) in [6.45, 7) is 3.84. The summed E-state index contributed by atoms with van der Waals surface area (Å²) in [5.41, 5.74) is 2.15. The number of amides is 2. The second-order valence-electron chi connectivity index (χ2n) is 7.00. The Balaban J connectivity index is 1.85. The van der Waals surface area contributed by atoms with E-state index in [4.69, 9.17) is 27.9 Å². The fourth-order valence-corrected chi connectivity index (χ4v) is 5.54. The molecule has 2 amide bonds. The van der Waals surface area contributed by atoms with Gasteiger partial charge in [-0.25, -0.2) is 0 Å². The molecule has 1 aromatic rings. The highest BCUT2D eigenvalue weighted by Crippen LogP contribution is 2.58. The highest BCUT2D eigenvalue weighted by molar-refractivity contribution is 9.09. The zero-order valence-electron chi connectivity index (χ0n) is 14.6. The van der Waals surface area contributed by atoms with Gasteiger partial charge in [0.1, 0.15) is 11.5 Å². The zero-order valence-corrected chi connectivity index (χ0v) is 17.7. The maximum Gasteiger partial charge on any atom is 0.254 e. The Labute approximate surface area is 180 Å². The molecule has 1 aromatic carbocycles. The molecule has 2 aliphatic heterocycles. The van der Waals surface area contributed by atoms with Crippen LogP contribution in [-0.2, 0) is 16.0 Å². The van der Waals surface area contributed by atoms with Gasteiger partial charge in [-0.15, -0.1) is 23.2 Å². The molecule has 3 atom stereocenters. The highest BCUT2D eigenvalue weighted by Gasteiger charge is 2.72. The number of ether oxygens (including phenoxy) is 1. The molecule has 1 saturated heterocycles. The van der Waals surface area contributed by atoms with Gasteiger partial charge in [-0.2, -0.15) is 0 Å². The van der Waals surface area contributed by atoms with Crippen molar-refractivity contribution < 1.29 is 19.4 Å². The van der Waals surface area contributed by atoms with Crippen LogP contribution in [0.25, 0.3) is 0 Å². The van der Waals surface area contributed by atoms with Crippen molar-refractivity contribution in [2.45, 2.75) is 22.6 Å². The van der Waals surface area contributed by atoms with E-state index in [-0.39, 0.29) is 17.6 Å². The summed E-state index contributed by atoms with van der Waals surface area (Å²) >= 11 is 16.9. The highest BCUT2D eigenvalue weighted by atomic mass is 79.9. The number of nitrogens with zero attached hydrogens (tertiary/aromatic N) is 1. The number of alkyl halides is 3. The van der Waals surface area contributed by atoms with Crippen LogP contribution in [0.2, 0.25) is 0 Å². The third-order valence-electron chi connectivity index (χ3n) is 5.57. The molecule has 1 fully saturated rings. The molecule has 3 aliphatic rings. The molecule has 146 valence electrons. The second kappa shape index (κ2) is 6.65. The van der Waals surface area contributed by atoms with Crippen molar-refractivity contribution in [1.82, 2.24) is 4.90 Å². The summed E-state index contributed by atoms with van der Waals surface area (Å²) < 4.78 is 5.72. The molecular formula is C20H16BrCl2NO4. The maximum atomic E-state index is 13.2. The zero-order chi connectivity index (χ0) is 20.3. The van der Waals surface area contributed by atoms with E-state index in [0.717, 1.165) is 10.5 Å². The van der Waals surface area contributed by atoms with Gasteiger partial charge in [0.05, 0.1) is 11.7 Å². The molecule has 0 aromatic heterocycles. The smallest absolute Gasteiger partial charge is 0.254 e. The lowest BCUT2D eigenvalue weighted by Gasteiger charge is -2.43. The van der Waals surface area contributed by atoms with Gasteiger partial charge < -0.3 is 9.84 Å². The van der Waals surface area contributed by atoms with Gasteiger partial charge >= 0.3 is 0 Å². The molecule has 0 radical (unpaired) electrons. The number of carbonyl (C=O) groups excluding carboxylic acids is 2. The van der Waals surface area contributed by atoms with Gasteiger partial charge in [0.25, 0.3) is 11.8 Å². The molecule has 4 rings (SSSR count). The van der Waals surface area contributed by atoms with Gasteiger partial charge in [0.2, 0.25) is 0 Å². The Hall–Kier alpha value is -1.76. The number of phenolic OH excluding ortho intramolecular Hbond substituents is 1. The first-order valence-corrected chi connectivity index (χ1v) is 10.5. The number of hydrogen-bond donors (Lipinski definition) is 1. The standard InChI is InChI=1S/C20H16BrCl2NO4/c1-2-11-5-6-19(22)17(26)24(10-21)18(27)20(19,23)16(11)13-7-12-8-14(25)3-4-15(12)28-9-13/h2-5,8-9,16,25H,1,6-7,10H2. The van der Waals surface area contributed by atoms with Crippen LogP contribution in [0.3, 0.4) is 0 Å². The van der Waals surface area contributed by atoms with Gasteiger partial charge in [0.15, 0.2) is 9.75 Å². The van der Waals surface area contributed by atoms with E-state index in [2.05, 4.69) is 22.5 Å². The Morgan fingerprint density at radius 1 is 1.36 bits per heavy atom. The molecule has 3 unspecified atom stereocenters. The first-order valence-electron chi connectivity index (χ1n) is 8.58. The van der Waals surface area contributed by atoms with Crippen LogP contribution in [0.5, 0.6) is 11.5 Å². The number of imide groups is 1. The minimum absolute atomic E-state index is 0.00992. The normalized spacial score (nSPS) is 31.5. The first-order chi connectivity index (χ1) is 13.3. The number of benzene rings is 1. The van der Waals surface area contributed by atoms with Crippen LogP contribution in [0, 0.1) is 5.92 Å². The van der Waals surface area contributed by atoms with E-state index in [9.17, 15) is 14.7 Å². The summed E-state index contributed by atoms with van der Waals surface area (Å²) in [4.78, 5) is 23.8. The van der Waals surface area contributed by atoms with E-state index >= 15 is 0 Å². The number of likely N-dealkylation sites (tertiary alicyclic amines) is 1. The SMILES string of the molecule is C=CC1=CCC2(Cl)C(=O)N(CBr)C(=O)C2(Cl)C1C1=COc2ccc(O)cc2C1. The fraction of sp³-hybridized carbons (Fsp3) is 0.300. The predicted molar refractivity (Wildman–Crippen MR) is 110 cm³/mol. The fourth-order valence-electron chi connectivity index (χ4n) is 4.19. The van der Waals surface area contributed by atoms with Crippen molar-refractivity contribution in [2.75, 3.05) is 5.45 Å². The van der Waals surface area contributed by atoms with Crippen molar-refractivity contribution in [1.29, 1.82) is 0 Å². The summed E-state index contributed by atoms with van der Waals surface area (Å²) in [5, 5.41) is 9.81. The minimum Gasteiger partial charge on any atom is -0.508 e. The summed E-state index contributed by atoms with van der Waals surface area (Å²) in [6.07, 6.45) is 5.47. The maximum absolute atomic E-state index is 13.2. The Morgan fingerprint density at radius 2 is 2.11 bits per heavy atom. The lowest BCUT2D eigenvalue weighted by Crippen LogP contribution is -2.56. The molecule has 28 heavy (non-hydrogen) atoms. The summed E-state index contributed by atoms with van der Waals surface area (Å²) in [6, 6.07) is 4.80. The molecule has 1 aliphatic carbocycles. The Morgan fingerprint density at radius 3 is 2.79 bits per heavy atom. The van der Waals surface area contributed by atoms with Crippen molar-refractivity contribution in [3.63, 3.8) is 0 Å². The van der Waals surface area contributed by atoms with Crippen molar-refractivity contribution in [2.24, 2.45) is 5.92 Å². The third-order valence-corrected chi connectivity index (χ3v) is 7.48. The van der Waals surface area contributed by atoms with Crippen LogP contribution >= 0.6 is 39.1 Å². The third kappa shape index (κ3) is 2.44. The lowest BCUT2D eigenvalue weighted by molar-refractivity contribution is -0.138. The van der Waals surface area contributed by atoms with E-state index in [1.807, 2.05) is 0 Å². The number of carbonyl (C=O) groups is 2. The number of allylic oxidation sites excluding steroid dienone is 4. The number of phenols is 1. The molecule has 1 N–H and O–H groups in total. The van der Waals surface area contributed by atoms with Crippen LogP contribution in [0.15, 0.2) is 54.3 Å². The van der Waals surface area contributed by atoms with Crippen LogP contribution < -0.4 is 4.74 Å². The average molecular weight is 485 g/mol. The van der Waals surface area contributed by atoms with E-state index < -0.39 is 27.5 Å². The minimum atomic E-state index is -1.71. The molecule has 8 heteroatoms. The first kappa shape index (κ1) is 19.6. The lowest BCUT2D eigenvalue weighted by atomic mass is 9.67. The van der Waals surface area contributed by atoms with Crippen LogP contribution in [-0.4, -0.2) is 37.0 Å². The molecule has 0 saturated carbocycles. The predicted octanol–water partition coefficient (Wildman–Crippen LogP) is 4.02. The molecule has 0 bridgehead atoms. The van der Waals surface area contributed by atoms with Crippen molar-refractivity contribution >= 4 is 50.9 Å². The Kier molecular flexibility index (Phi) is 4.64. The van der Waals surface area contributed by atoms with Crippen molar-refractivity contribution in [3.8, 4) is 11.5 Å². The molecule has 0 spiro atoms. The second-order valence-corrected chi connectivity index (χ2v) is 8.74. The molecule has 5 nitrogen and oxygen atoms in total.